The highest BCUT2D eigenvalue weighted by molar-refractivity contribution is 6.24. The molecule has 0 amide bonds. The third-order valence-corrected chi connectivity index (χ3v) is 10.4. The normalized spacial score (nSPS) is 11.9. The molecule has 0 aliphatic carbocycles. The van der Waals surface area contributed by atoms with E-state index in [1.807, 2.05) is 12.1 Å². The molecular weight excluding hydrogens is 623 g/mol. The molecule has 0 saturated carbocycles. The largest absolute Gasteiger partial charge is 0.455 e. The van der Waals surface area contributed by atoms with Gasteiger partial charge >= 0.3 is 0 Å². The maximum atomic E-state index is 6.63. The van der Waals surface area contributed by atoms with Gasteiger partial charge in [-0.3, -0.25) is 0 Å². The average Bonchev–Trinajstić information content (AvgIpc) is 3.88. The van der Waals surface area contributed by atoms with E-state index in [0.717, 1.165) is 82.9 Å². The SMILES string of the molecule is c1ccc(-c2ccc(-n3c4cccc(-c5cccc6c5oc5ccccc56)c4c4c(-c5cccc6c5oc5ccccc56)cccc43)cc2)cc1. The summed E-state index contributed by atoms with van der Waals surface area (Å²) in [7, 11) is 0. The first-order valence-corrected chi connectivity index (χ1v) is 17.4. The average molecular weight is 652 g/mol. The van der Waals surface area contributed by atoms with E-state index in [1.165, 1.54) is 21.9 Å². The summed E-state index contributed by atoms with van der Waals surface area (Å²) in [5.41, 5.74) is 13.8. The van der Waals surface area contributed by atoms with E-state index in [-0.39, 0.29) is 0 Å². The molecule has 51 heavy (non-hydrogen) atoms. The van der Waals surface area contributed by atoms with Gasteiger partial charge < -0.3 is 13.4 Å². The zero-order valence-electron chi connectivity index (χ0n) is 27.5. The molecule has 3 nitrogen and oxygen atoms in total. The lowest BCUT2D eigenvalue weighted by atomic mass is 9.93. The third kappa shape index (κ3) is 4.12. The van der Waals surface area contributed by atoms with Gasteiger partial charge in [-0.15, -0.1) is 0 Å². The van der Waals surface area contributed by atoms with E-state index in [4.69, 9.17) is 8.83 Å². The van der Waals surface area contributed by atoms with Crippen molar-refractivity contribution in [2.24, 2.45) is 0 Å². The molecule has 0 atom stereocenters. The molecule has 0 N–H and O–H groups in total. The predicted octanol–water partition coefficient (Wildman–Crippen LogP) is 13.6. The van der Waals surface area contributed by atoms with Crippen LogP contribution in [0.1, 0.15) is 0 Å². The summed E-state index contributed by atoms with van der Waals surface area (Å²) in [5.74, 6) is 0. The second-order valence-corrected chi connectivity index (χ2v) is 13.2. The first kappa shape index (κ1) is 28.0. The zero-order chi connectivity index (χ0) is 33.5. The fourth-order valence-corrected chi connectivity index (χ4v) is 8.19. The Balaban J connectivity index is 1.25. The summed E-state index contributed by atoms with van der Waals surface area (Å²) in [5, 5.41) is 6.84. The van der Waals surface area contributed by atoms with Gasteiger partial charge in [0.25, 0.3) is 0 Å². The van der Waals surface area contributed by atoms with E-state index in [9.17, 15) is 0 Å². The van der Waals surface area contributed by atoms with Crippen molar-refractivity contribution in [3.05, 3.63) is 176 Å². The van der Waals surface area contributed by atoms with Gasteiger partial charge in [0, 0.05) is 49.1 Å². The zero-order valence-corrected chi connectivity index (χ0v) is 27.5. The van der Waals surface area contributed by atoms with E-state index < -0.39 is 0 Å². The predicted molar refractivity (Wildman–Crippen MR) is 212 cm³/mol. The Morgan fingerprint density at radius 1 is 0.314 bits per heavy atom. The molecule has 11 aromatic rings. The standard InChI is InChI=1S/C48H29NO2/c1-2-12-30(13-3-1)31-26-28-32(29-27-31)49-41-22-10-16-35(39-20-8-18-37-33-14-4-6-24-43(33)50-47(37)39)45(41)46-36(17-11-23-42(46)49)40-21-9-19-38-34-15-5-7-25-44(34)51-48(38)40/h1-29H. The van der Waals surface area contributed by atoms with Crippen LogP contribution in [0.3, 0.4) is 0 Å². The van der Waals surface area contributed by atoms with Gasteiger partial charge in [0.1, 0.15) is 22.3 Å². The van der Waals surface area contributed by atoms with Crippen LogP contribution in [0.25, 0.3) is 105 Å². The Morgan fingerprint density at radius 2 is 0.745 bits per heavy atom. The second kappa shape index (κ2) is 10.8. The Hall–Kier alpha value is -6.84. The van der Waals surface area contributed by atoms with Crippen molar-refractivity contribution >= 4 is 65.7 Å². The minimum absolute atomic E-state index is 0.894. The molecule has 3 heteroatoms. The fraction of sp³-hybridized carbons (Fsp3) is 0. The highest BCUT2D eigenvalue weighted by Gasteiger charge is 2.23. The molecule has 0 unspecified atom stereocenters. The van der Waals surface area contributed by atoms with Crippen molar-refractivity contribution < 1.29 is 8.83 Å². The summed E-state index contributed by atoms with van der Waals surface area (Å²) in [6.07, 6.45) is 0. The number of aromatic nitrogens is 1. The molecule has 8 aromatic carbocycles. The number of para-hydroxylation sites is 4. The molecule has 3 aromatic heterocycles. The third-order valence-electron chi connectivity index (χ3n) is 10.4. The lowest BCUT2D eigenvalue weighted by molar-refractivity contribution is 0.669. The van der Waals surface area contributed by atoms with Crippen LogP contribution in [0.4, 0.5) is 0 Å². The smallest absolute Gasteiger partial charge is 0.143 e. The van der Waals surface area contributed by atoms with Crippen molar-refractivity contribution in [2.75, 3.05) is 0 Å². The van der Waals surface area contributed by atoms with Gasteiger partial charge in [-0.2, -0.15) is 0 Å². The first-order chi connectivity index (χ1) is 25.3. The van der Waals surface area contributed by atoms with E-state index in [2.05, 4.69) is 168 Å². The summed E-state index contributed by atoms with van der Waals surface area (Å²) >= 11 is 0. The molecule has 0 saturated heterocycles. The van der Waals surface area contributed by atoms with Crippen molar-refractivity contribution in [3.63, 3.8) is 0 Å². The molecular formula is C48H29NO2. The van der Waals surface area contributed by atoms with Crippen LogP contribution in [0.5, 0.6) is 0 Å². The van der Waals surface area contributed by atoms with Crippen LogP contribution in [0.15, 0.2) is 185 Å². The van der Waals surface area contributed by atoms with Crippen LogP contribution in [-0.4, -0.2) is 4.57 Å². The van der Waals surface area contributed by atoms with Crippen molar-refractivity contribution in [1.82, 2.24) is 4.57 Å². The molecule has 0 bridgehead atoms. The Kier molecular flexibility index (Phi) is 5.96. The maximum absolute atomic E-state index is 6.63. The number of hydrogen-bond acceptors (Lipinski definition) is 2. The molecule has 3 heterocycles. The minimum atomic E-state index is 0.894. The van der Waals surface area contributed by atoms with Gasteiger partial charge in [-0.1, -0.05) is 140 Å². The summed E-state index contributed by atoms with van der Waals surface area (Å²) in [6, 6.07) is 62.4. The molecule has 0 aliphatic rings. The van der Waals surface area contributed by atoms with Crippen LogP contribution in [0, 0.1) is 0 Å². The van der Waals surface area contributed by atoms with Gasteiger partial charge in [0.05, 0.1) is 11.0 Å². The summed E-state index contributed by atoms with van der Waals surface area (Å²) < 4.78 is 15.7. The topological polar surface area (TPSA) is 31.2 Å². The molecule has 238 valence electrons. The Bertz CT molecular complexity index is 2950. The molecule has 11 rings (SSSR count). The maximum Gasteiger partial charge on any atom is 0.143 e. The summed E-state index contributed by atoms with van der Waals surface area (Å²) in [6.45, 7) is 0. The Labute approximate surface area is 293 Å². The van der Waals surface area contributed by atoms with E-state index in [1.54, 1.807) is 0 Å². The number of benzene rings is 8. The van der Waals surface area contributed by atoms with E-state index >= 15 is 0 Å². The van der Waals surface area contributed by atoms with Crippen molar-refractivity contribution in [1.29, 1.82) is 0 Å². The van der Waals surface area contributed by atoms with Crippen molar-refractivity contribution in [2.45, 2.75) is 0 Å². The number of rotatable bonds is 4. The quantitative estimate of drug-likeness (QED) is 0.190. The number of hydrogen-bond donors (Lipinski definition) is 0. The number of nitrogens with zero attached hydrogens (tertiary/aromatic N) is 1. The molecule has 0 spiro atoms. The lowest BCUT2D eigenvalue weighted by Gasteiger charge is -2.10. The summed E-state index contributed by atoms with van der Waals surface area (Å²) in [4.78, 5) is 0. The van der Waals surface area contributed by atoms with Crippen LogP contribution in [-0.2, 0) is 0 Å². The monoisotopic (exact) mass is 651 g/mol. The molecule has 0 fully saturated rings. The lowest BCUT2D eigenvalue weighted by Crippen LogP contribution is -1.94. The van der Waals surface area contributed by atoms with Gasteiger partial charge in [0.15, 0.2) is 0 Å². The molecule has 0 aliphatic heterocycles. The Morgan fingerprint density at radius 3 is 1.29 bits per heavy atom. The minimum Gasteiger partial charge on any atom is -0.455 e. The molecule has 0 radical (unpaired) electrons. The highest BCUT2D eigenvalue weighted by Crippen LogP contribution is 2.47. The van der Waals surface area contributed by atoms with Gasteiger partial charge in [0.2, 0.25) is 0 Å². The van der Waals surface area contributed by atoms with Gasteiger partial charge in [-0.05, 0) is 58.7 Å². The van der Waals surface area contributed by atoms with E-state index in [0.29, 0.717) is 0 Å². The second-order valence-electron chi connectivity index (χ2n) is 13.2. The van der Waals surface area contributed by atoms with Crippen molar-refractivity contribution in [3.8, 4) is 39.1 Å². The number of fused-ring (bicyclic) bond motifs is 9. The highest BCUT2D eigenvalue weighted by atomic mass is 16.3. The fourth-order valence-electron chi connectivity index (χ4n) is 8.19. The van der Waals surface area contributed by atoms with Gasteiger partial charge in [-0.25, -0.2) is 0 Å². The van der Waals surface area contributed by atoms with Crippen LogP contribution >= 0.6 is 0 Å². The van der Waals surface area contributed by atoms with Crippen LogP contribution in [0.2, 0.25) is 0 Å². The number of furan rings is 2. The first-order valence-electron chi connectivity index (χ1n) is 17.4. The van der Waals surface area contributed by atoms with Crippen LogP contribution < -0.4 is 0 Å².